The summed E-state index contributed by atoms with van der Waals surface area (Å²) >= 11 is 5.96. The lowest BCUT2D eigenvalue weighted by Crippen LogP contribution is -2.41. The van der Waals surface area contributed by atoms with Crippen LogP contribution in [-0.4, -0.2) is 15.0 Å². The van der Waals surface area contributed by atoms with Crippen molar-refractivity contribution >= 4 is 34.1 Å². The summed E-state index contributed by atoms with van der Waals surface area (Å²) in [6.07, 6.45) is 0.596. The highest BCUT2D eigenvalue weighted by Crippen LogP contribution is 2.22. The van der Waals surface area contributed by atoms with Crippen LogP contribution in [0.5, 0.6) is 0 Å². The van der Waals surface area contributed by atoms with Gasteiger partial charge in [-0.15, -0.1) is 0 Å². The van der Waals surface area contributed by atoms with Gasteiger partial charge in [-0.2, -0.15) is 0 Å². The van der Waals surface area contributed by atoms with Crippen LogP contribution in [0.15, 0.2) is 52.1 Å². The number of hydrogen-bond acceptors (Lipinski definition) is 3. The first-order valence-corrected chi connectivity index (χ1v) is 8.77. The maximum Gasteiger partial charge on any atom is 0.331 e. The molecule has 0 atom stereocenters. The number of nitrogens with one attached hydrogen (secondary N) is 1. The van der Waals surface area contributed by atoms with E-state index in [1.165, 1.54) is 16.7 Å². The maximum atomic E-state index is 13.4. The monoisotopic (exact) mass is 389 g/mol. The lowest BCUT2D eigenvalue weighted by Gasteiger charge is -2.14. The molecule has 1 heterocycles. The van der Waals surface area contributed by atoms with Gasteiger partial charge >= 0.3 is 5.69 Å². The van der Waals surface area contributed by atoms with E-state index < -0.39 is 17.4 Å². The molecule has 0 unspecified atom stereocenters. The molecule has 2 aromatic carbocycles. The van der Waals surface area contributed by atoms with Crippen molar-refractivity contribution in [3.05, 3.63) is 74.1 Å². The number of rotatable bonds is 5. The quantitative estimate of drug-likeness (QED) is 0.729. The Bertz CT molecular complexity index is 1140. The van der Waals surface area contributed by atoms with Crippen molar-refractivity contribution in [1.29, 1.82) is 0 Å². The van der Waals surface area contributed by atoms with Crippen LogP contribution in [0, 0.1) is 5.82 Å². The minimum atomic E-state index is -0.568. The SMILES string of the molecule is CCCn1c(=O)c2ccccc2n(CC(=O)Nc2cc(F)ccc2Cl)c1=O. The van der Waals surface area contributed by atoms with Crippen LogP contribution >= 0.6 is 11.6 Å². The molecule has 0 aliphatic rings. The van der Waals surface area contributed by atoms with Crippen molar-refractivity contribution in [1.82, 2.24) is 9.13 Å². The molecule has 0 spiro atoms. The number of para-hydroxylation sites is 1. The van der Waals surface area contributed by atoms with E-state index in [9.17, 15) is 18.8 Å². The maximum absolute atomic E-state index is 13.4. The fraction of sp³-hybridized carbons (Fsp3) is 0.211. The fourth-order valence-corrected chi connectivity index (χ4v) is 3.04. The number of halogens is 2. The van der Waals surface area contributed by atoms with E-state index in [0.717, 1.165) is 10.6 Å². The number of nitrogens with zero attached hydrogens (tertiary/aromatic N) is 2. The Morgan fingerprint density at radius 3 is 2.63 bits per heavy atom. The van der Waals surface area contributed by atoms with Crippen LogP contribution in [0.4, 0.5) is 10.1 Å². The van der Waals surface area contributed by atoms with Gasteiger partial charge in [-0.1, -0.05) is 30.7 Å². The first-order valence-electron chi connectivity index (χ1n) is 8.39. The van der Waals surface area contributed by atoms with Crippen LogP contribution in [0.2, 0.25) is 5.02 Å². The summed E-state index contributed by atoms with van der Waals surface area (Å²) in [6, 6.07) is 10.2. The number of amides is 1. The molecule has 0 bridgehead atoms. The molecule has 140 valence electrons. The van der Waals surface area contributed by atoms with Crippen molar-refractivity contribution < 1.29 is 9.18 Å². The summed E-state index contributed by atoms with van der Waals surface area (Å²) in [5.41, 5.74) is -0.482. The third-order valence-corrected chi connectivity index (χ3v) is 4.41. The molecule has 0 aliphatic carbocycles. The Hall–Kier alpha value is -2.93. The Labute approximate surface area is 158 Å². The van der Waals surface area contributed by atoms with Gasteiger partial charge in [-0.05, 0) is 36.8 Å². The van der Waals surface area contributed by atoms with Crippen molar-refractivity contribution in [3.8, 4) is 0 Å². The first-order chi connectivity index (χ1) is 12.9. The molecular formula is C19H17ClFN3O3. The average Bonchev–Trinajstić information content (AvgIpc) is 2.65. The average molecular weight is 390 g/mol. The van der Waals surface area contributed by atoms with Gasteiger partial charge in [-0.25, -0.2) is 9.18 Å². The Balaban J connectivity index is 2.03. The van der Waals surface area contributed by atoms with Crippen LogP contribution < -0.4 is 16.6 Å². The standard InChI is InChI=1S/C19H17ClFN3O3/c1-2-9-23-18(26)13-5-3-4-6-16(13)24(19(23)27)11-17(25)22-15-10-12(21)7-8-14(15)20/h3-8,10H,2,9,11H2,1H3,(H,22,25). The number of aromatic nitrogens is 2. The molecule has 27 heavy (non-hydrogen) atoms. The molecule has 6 nitrogen and oxygen atoms in total. The summed E-state index contributed by atoms with van der Waals surface area (Å²) in [7, 11) is 0. The molecule has 0 radical (unpaired) electrons. The number of anilines is 1. The Morgan fingerprint density at radius 2 is 1.89 bits per heavy atom. The lowest BCUT2D eigenvalue weighted by molar-refractivity contribution is -0.116. The number of fused-ring (bicyclic) bond motifs is 1. The van der Waals surface area contributed by atoms with Crippen molar-refractivity contribution in [2.75, 3.05) is 5.32 Å². The van der Waals surface area contributed by atoms with Crippen LogP contribution in [-0.2, 0) is 17.9 Å². The van der Waals surface area contributed by atoms with Gasteiger partial charge < -0.3 is 5.32 Å². The van der Waals surface area contributed by atoms with Crippen molar-refractivity contribution in [2.45, 2.75) is 26.4 Å². The molecule has 0 fully saturated rings. The Morgan fingerprint density at radius 1 is 1.15 bits per heavy atom. The van der Waals surface area contributed by atoms with Crippen LogP contribution in [0.1, 0.15) is 13.3 Å². The van der Waals surface area contributed by atoms with E-state index in [1.54, 1.807) is 24.3 Å². The predicted octanol–water partition coefficient (Wildman–Crippen LogP) is 3.00. The summed E-state index contributed by atoms with van der Waals surface area (Å²) in [6.45, 7) is 1.76. The molecule has 0 aliphatic heterocycles. The largest absolute Gasteiger partial charge is 0.331 e. The molecular weight excluding hydrogens is 373 g/mol. The minimum Gasteiger partial charge on any atom is -0.323 e. The van der Waals surface area contributed by atoms with E-state index >= 15 is 0 Å². The third-order valence-electron chi connectivity index (χ3n) is 4.08. The molecule has 1 aromatic heterocycles. The molecule has 1 N–H and O–H groups in total. The van der Waals surface area contributed by atoms with Gasteiger partial charge in [0.25, 0.3) is 5.56 Å². The molecule has 0 saturated heterocycles. The summed E-state index contributed by atoms with van der Waals surface area (Å²) < 4.78 is 15.7. The van der Waals surface area contributed by atoms with Crippen LogP contribution in [0.3, 0.4) is 0 Å². The van der Waals surface area contributed by atoms with Crippen LogP contribution in [0.25, 0.3) is 10.9 Å². The first kappa shape index (κ1) is 18.8. The lowest BCUT2D eigenvalue weighted by atomic mass is 10.2. The van der Waals surface area contributed by atoms with E-state index in [4.69, 9.17) is 11.6 Å². The zero-order valence-electron chi connectivity index (χ0n) is 14.5. The van der Waals surface area contributed by atoms with E-state index in [2.05, 4.69) is 5.32 Å². The van der Waals surface area contributed by atoms with Gasteiger partial charge in [0.1, 0.15) is 12.4 Å². The van der Waals surface area contributed by atoms with Gasteiger partial charge in [0.05, 0.1) is 21.6 Å². The zero-order valence-corrected chi connectivity index (χ0v) is 15.3. The smallest absolute Gasteiger partial charge is 0.323 e. The topological polar surface area (TPSA) is 73.1 Å². The highest BCUT2D eigenvalue weighted by Gasteiger charge is 2.15. The summed E-state index contributed by atoms with van der Waals surface area (Å²) in [4.78, 5) is 37.8. The molecule has 3 rings (SSSR count). The second kappa shape index (κ2) is 7.75. The van der Waals surface area contributed by atoms with E-state index in [1.807, 2.05) is 6.92 Å². The number of carbonyl (C=O) groups is 1. The van der Waals surface area contributed by atoms with E-state index in [-0.39, 0.29) is 29.4 Å². The molecule has 8 heteroatoms. The normalized spacial score (nSPS) is 10.9. The minimum absolute atomic E-state index is 0.112. The van der Waals surface area contributed by atoms with Gasteiger partial charge in [0, 0.05) is 6.54 Å². The van der Waals surface area contributed by atoms with Crippen molar-refractivity contribution in [2.24, 2.45) is 0 Å². The zero-order chi connectivity index (χ0) is 19.6. The predicted molar refractivity (Wildman–Crippen MR) is 103 cm³/mol. The second-order valence-electron chi connectivity index (χ2n) is 6.02. The van der Waals surface area contributed by atoms with Gasteiger partial charge in [0.15, 0.2) is 0 Å². The number of hydrogen-bond donors (Lipinski definition) is 1. The highest BCUT2D eigenvalue weighted by atomic mass is 35.5. The molecule has 1 amide bonds. The summed E-state index contributed by atoms with van der Waals surface area (Å²) in [5, 5.41) is 3.03. The fourth-order valence-electron chi connectivity index (χ4n) is 2.87. The van der Waals surface area contributed by atoms with Crippen molar-refractivity contribution in [3.63, 3.8) is 0 Å². The number of benzene rings is 2. The summed E-state index contributed by atoms with van der Waals surface area (Å²) in [5.74, 6) is -1.11. The molecule has 3 aromatic rings. The second-order valence-corrected chi connectivity index (χ2v) is 6.42. The van der Waals surface area contributed by atoms with E-state index in [0.29, 0.717) is 17.3 Å². The Kier molecular flexibility index (Phi) is 5.41. The molecule has 0 saturated carbocycles. The van der Waals surface area contributed by atoms with Gasteiger partial charge in [0.2, 0.25) is 5.91 Å². The van der Waals surface area contributed by atoms with Gasteiger partial charge in [-0.3, -0.25) is 18.7 Å². The number of carbonyl (C=O) groups excluding carboxylic acids is 1. The highest BCUT2D eigenvalue weighted by molar-refractivity contribution is 6.33. The third kappa shape index (κ3) is 3.78.